The normalized spacial score (nSPS) is 15.6. The maximum absolute atomic E-state index is 11.9. The number of carboxylic acid groups (broad SMARTS) is 1. The van der Waals surface area contributed by atoms with Crippen molar-refractivity contribution in [2.24, 2.45) is 5.41 Å². The number of hydrogen-bond acceptors (Lipinski definition) is 3. The summed E-state index contributed by atoms with van der Waals surface area (Å²) in [5.74, 6) is -1.86. The highest BCUT2D eigenvalue weighted by atomic mass is 16.4. The van der Waals surface area contributed by atoms with E-state index in [9.17, 15) is 14.4 Å². The van der Waals surface area contributed by atoms with Gasteiger partial charge in [-0.05, 0) is 26.7 Å². The summed E-state index contributed by atoms with van der Waals surface area (Å²) in [6, 6.07) is 0. The first-order chi connectivity index (χ1) is 8.26. The Morgan fingerprint density at radius 3 is 2.17 bits per heavy atom. The Morgan fingerprint density at radius 1 is 1.22 bits per heavy atom. The Labute approximate surface area is 107 Å². The van der Waals surface area contributed by atoms with Gasteiger partial charge >= 0.3 is 5.97 Å². The molecule has 1 aliphatic heterocycles. The van der Waals surface area contributed by atoms with Gasteiger partial charge in [0.05, 0.1) is 6.54 Å². The largest absolute Gasteiger partial charge is 0.480 e. The first kappa shape index (κ1) is 14.5. The predicted molar refractivity (Wildman–Crippen MR) is 64.9 cm³/mol. The lowest BCUT2D eigenvalue weighted by atomic mass is 9.92. The number of amides is 2. The number of aliphatic carboxylic acids is 1. The summed E-state index contributed by atoms with van der Waals surface area (Å²) in [4.78, 5) is 37.6. The molecular weight excluding hydrogens is 236 g/mol. The van der Waals surface area contributed by atoms with Gasteiger partial charge in [-0.2, -0.15) is 0 Å². The maximum atomic E-state index is 11.9. The summed E-state index contributed by atoms with van der Waals surface area (Å²) in [6.45, 7) is 4.07. The third-order valence-corrected chi connectivity index (χ3v) is 3.25. The van der Waals surface area contributed by atoms with E-state index in [1.54, 1.807) is 4.90 Å². The van der Waals surface area contributed by atoms with E-state index in [1.165, 1.54) is 25.8 Å². The minimum absolute atomic E-state index is 0.0600. The lowest BCUT2D eigenvalue weighted by Crippen LogP contribution is -2.47. The first-order valence-corrected chi connectivity index (χ1v) is 6.03. The Bertz CT molecular complexity index is 359. The summed E-state index contributed by atoms with van der Waals surface area (Å²) in [7, 11) is 1.46. The molecule has 0 unspecified atom stereocenters. The number of carbonyl (C=O) groups excluding carboxylic acids is 2. The fraction of sp³-hybridized carbons (Fsp3) is 0.750. The zero-order valence-corrected chi connectivity index (χ0v) is 11.1. The van der Waals surface area contributed by atoms with Crippen molar-refractivity contribution in [3.05, 3.63) is 0 Å². The van der Waals surface area contributed by atoms with Gasteiger partial charge in [-0.3, -0.25) is 14.4 Å². The van der Waals surface area contributed by atoms with E-state index in [2.05, 4.69) is 0 Å². The number of carboxylic acids is 1. The van der Waals surface area contributed by atoms with Gasteiger partial charge < -0.3 is 14.9 Å². The molecule has 6 nitrogen and oxygen atoms in total. The van der Waals surface area contributed by atoms with Crippen LogP contribution in [0.25, 0.3) is 0 Å². The van der Waals surface area contributed by atoms with E-state index in [-0.39, 0.29) is 12.5 Å². The Morgan fingerprint density at radius 2 is 1.72 bits per heavy atom. The van der Waals surface area contributed by atoms with Crippen molar-refractivity contribution >= 4 is 17.8 Å². The fourth-order valence-corrected chi connectivity index (χ4v) is 1.91. The van der Waals surface area contributed by atoms with Crippen molar-refractivity contribution < 1.29 is 19.5 Å². The third-order valence-electron chi connectivity index (χ3n) is 3.25. The highest BCUT2D eigenvalue weighted by molar-refractivity contribution is 6.01. The lowest BCUT2D eigenvalue weighted by Gasteiger charge is -2.27. The van der Waals surface area contributed by atoms with Crippen LogP contribution in [0.3, 0.4) is 0 Å². The monoisotopic (exact) mass is 256 g/mol. The minimum Gasteiger partial charge on any atom is -0.480 e. The van der Waals surface area contributed by atoms with Gasteiger partial charge in [-0.25, -0.2) is 0 Å². The molecule has 6 heteroatoms. The van der Waals surface area contributed by atoms with Gasteiger partial charge in [0.2, 0.25) is 11.8 Å². The van der Waals surface area contributed by atoms with E-state index >= 15 is 0 Å². The average Bonchev–Trinajstić information content (AvgIpc) is 2.80. The molecule has 0 aromatic heterocycles. The van der Waals surface area contributed by atoms with Crippen LogP contribution >= 0.6 is 0 Å². The van der Waals surface area contributed by atoms with Crippen LogP contribution in [0, 0.1) is 5.41 Å². The van der Waals surface area contributed by atoms with Crippen LogP contribution in [0.1, 0.15) is 26.7 Å². The molecule has 0 aliphatic carbocycles. The van der Waals surface area contributed by atoms with Crippen LogP contribution in [-0.4, -0.2) is 59.4 Å². The summed E-state index contributed by atoms with van der Waals surface area (Å²) < 4.78 is 0. The van der Waals surface area contributed by atoms with Crippen molar-refractivity contribution in [1.82, 2.24) is 9.80 Å². The topological polar surface area (TPSA) is 77.9 Å². The first-order valence-electron chi connectivity index (χ1n) is 6.03. The zero-order chi connectivity index (χ0) is 13.9. The molecule has 1 fully saturated rings. The summed E-state index contributed by atoms with van der Waals surface area (Å²) >= 11 is 0. The van der Waals surface area contributed by atoms with E-state index in [1.807, 2.05) is 0 Å². The van der Waals surface area contributed by atoms with E-state index in [4.69, 9.17) is 5.11 Å². The quantitative estimate of drug-likeness (QED) is 0.728. The molecular formula is C12H20N2O4. The van der Waals surface area contributed by atoms with Crippen LogP contribution in [0.2, 0.25) is 0 Å². The predicted octanol–water partition coefficient (Wildman–Crippen LogP) is 0.178. The number of likely N-dealkylation sites (N-methyl/N-ethyl adjacent to an activating group) is 1. The van der Waals surface area contributed by atoms with Crippen molar-refractivity contribution in [3.63, 3.8) is 0 Å². The zero-order valence-electron chi connectivity index (χ0n) is 11.1. The minimum atomic E-state index is -1.50. The number of nitrogens with zero attached hydrogens (tertiary/aromatic N) is 2. The van der Waals surface area contributed by atoms with Crippen LogP contribution in [-0.2, 0) is 14.4 Å². The van der Waals surface area contributed by atoms with Gasteiger partial charge in [-0.1, -0.05) is 0 Å². The SMILES string of the molecule is CN(CC(=O)N1CCCC1)C(=O)C(C)(C)C(=O)O. The molecule has 102 valence electrons. The second-order valence-electron chi connectivity index (χ2n) is 5.18. The van der Waals surface area contributed by atoms with Crippen LogP contribution < -0.4 is 0 Å². The molecule has 0 aromatic carbocycles. The highest BCUT2D eigenvalue weighted by Gasteiger charge is 2.38. The maximum Gasteiger partial charge on any atom is 0.318 e. The Hall–Kier alpha value is -1.59. The number of likely N-dealkylation sites (tertiary alicyclic amines) is 1. The van der Waals surface area contributed by atoms with Gasteiger partial charge in [0, 0.05) is 20.1 Å². The van der Waals surface area contributed by atoms with Gasteiger partial charge in [0.1, 0.15) is 5.41 Å². The molecule has 0 atom stereocenters. The fourth-order valence-electron chi connectivity index (χ4n) is 1.91. The van der Waals surface area contributed by atoms with Crippen LogP contribution in [0.15, 0.2) is 0 Å². The van der Waals surface area contributed by atoms with E-state index in [0.29, 0.717) is 0 Å². The van der Waals surface area contributed by atoms with Crippen LogP contribution in [0.5, 0.6) is 0 Å². The molecule has 1 N–H and O–H groups in total. The molecule has 0 spiro atoms. The average molecular weight is 256 g/mol. The van der Waals surface area contributed by atoms with Crippen molar-refractivity contribution in [3.8, 4) is 0 Å². The van der Waals surface area contributed by atoms with Crippen molar-refractivity contribution in [1.29, 1.82) is 0 Å². The molecule has 2 amide bonds. The van der Waals surface area contributed by atoms with Crippen LogP contribution in [0.4, 0.5) is 0 Å². The smallest absolute Gasteiger partial charge is 0.318 e. The number of hydrogen-bond donors (Lipinski definition) is 1. The Kier molecular flexibility index (Phi) is 4.32. The molecule has 1 rings (SSSR count). The molecule has 0 radical (unpaired) electrons. The van der Waals surface area contributed by atoms with Gasteiger partial charge in [-0.15, -0.1) is 0 Å². The standard InChI is InChI=1S/C12H20N2O4/c1-12(2,11(17)18)10(16)13(3)8-9(15)14-6-4-5-7-14/h4-8H2,1-3H3,(H,17,18). The highest BCUT2D eigenvalue weighted by Crippen LogP contribution is 2.18. The molecule has 18 heavy (non-hydrogen) atoms. The molecule has 0 aromatic rings. The Balaban J connectivity index is 2.59. The van der Waals surface area contributed by atoms with Gasteiger partial charge in [0.15, 0.2) is 0 Å². The molecule has 0 saturated carbocycles. The molecule has 1 aliphatic rings. The van der Waals surface area contributed by atoms with Crippen molar-refractivity contribution in [2.45, 2.75) is 26.7 Å². The second kappa shape index (κ2) is 5.37. The van der Waals surface area contributed by atoms with E-state index < -0.39 is 17.3 Å². The molecule has 1 saturated heterocycles. The van der Waals surface area contributed by atoms with Gasteiger partial charge in [0.25, 0.3) is 0 Å². The van der Waals surface area contributed by atoms with E-state index in [0.717, 1.165) is 25.9 Å². The van der Waals surface area contributed by atoms with Crippen molar-refractivity contribution in [2.75, 3.05) is 26.7 Å². The summed E-state index contributed by atoms with van der Waals surface area (Å²) in [5.41, 5.74) is -1.50. The molecule has 1 heterocycles. The summed E-state index contributed by atoms with van der Waals surface area (Å²) in [5, 5.41) is 8.96. The second-order valence-corrected chi connectivity index (χ2v) is 5.18. The number of rotatable bonds is 4. The summed E-state index contributed by atoms with van der Waals surface area (Å²) in [6.07, 6.45) is 1.98. The number of carbonyl (C=O) groups is 3. The third kappa shape index (κ3) is 3.00. The molecule has 0 bridgehead atoms. The lowest BCUT2D eigenvalue weighted by molar-refractivity contribution is -0.159.